The minimum Gasteiger partial charge on any atom is -0.376 e. The molecule has 2 heterocycles. The van der Waals surface area contributed by atoms with Gasteiger partial charge in [-0.3, -0.25) is 4.79 Å². The average molecular weight is 284 g/mol. The number of hydrogen-bond acceptors (Lipinski definition) is 3. The van der Waals surface area contributed by atoms with Crippen molar-refractivity contribution in [1.82, 2.24) is 9.88 Å². The Bertz CT molecular complexity index is 502. The normalized spacial score (nSPS) is 33.4. The highest BCUT2D eigenvalue weighted by atomic mass is 35.5. The van der Waals surface area contributed by atoms with E-state index in [0.717, 1.165) is 19.4 Å². The lowest BCUT2D eigenvalue weighted by Crippen LogP contribution is -2.72. The molecule has 3 rings (SSSR count). The van der Waals surface area contributed by atoms with E-state index in [2.05, 4.69) is 5.32 Å². The zero-order chi connectivity index (χ0) is 13.6. The summed E-state index contributed by atoms with van der Waals surface area (Å²) in [6, 6.07) is 1.55. The van der Waals surface area contributed by atoms with E-state index in [1.54, 1.807) is 23.9 Å². The average Bonchev–Trinajstić information content (AvgIpc) is 2.74. The number of halogens is 1. The number of nitrogens with one attached hydrogen (secondary N) is 1. The van der Waals surface area contributed by atoms with Gasteiger partial charge in [0.2, 0.25) is 0 Å². The van der Waals surface area contributed by atoms with Crippen molar-refractivity contribution in [2.24, 2.45) is 18.7 Å². The van der Waals surface area contributed by atoms with Crippen LogP contribution >= 0.6 is 11.6 Å². The molecule has 0 spiro atoms. The van der Waals surface area contributed by atoms with Gasteiger partial charge in [-0.05, 0) is 18.9 Å². The molecule has 1 amide bonds. The standard InChI is InChI=1S/C13H18ClN3O2/c1-17-6-7(14)5-9(17)13(18)16-11-10(15)8-3-2-4-19-12(8)11/h5-6,8,10-12H,2-4,15H2,1H3,(H,16,18). The molecule has 1 saturated carbocycles. The third-order valence-electron chi connectivity index (χ3n) is 4.18. The van der Waals surface area contributed by atoms with Crippen molar-refractivity contribution >= 4 is 17.5 Å². The van der Waals surface area contributed by atoms with Gasteiger partial charge in [-0.25, -0.2) is 0 Å². The molecule has 19 heavy (non-hydrogen) atoms. The van der Waals surface area contributed by atoms with Crippen molar-refractivity contribution in [2.75, 3.05) is 6.61 Å². The van der Waals surface area contributed by atoms with E-state index in [-0.39, 0.29) is 24.1 Å². The van der Waals surface area contributed by atoms with Gasteiger partial charge >= 0.3 is 0 Å². The predicted octanol–water partition coefficient (Wildman–Crippen LogP) is 0.913. The number of hydrogen-bond donors (Lipinski definition) is 2. The number of carbonyl (C=O) groups excluding carboxylic acids is 1. The van der Waals surface area contributed by atoms with Crippen LogP contribution in [-0.4, -0.2) is 35.3 Å². The minimum atomic E-state index is -0.150. The predicted molar refractivity (Wildman–Crippen MR) is 72.1 cm³/mol. The number of nitrogens with two attached hydrogens (primary N) is 1. The number of fused-ring (bicyclic) bond motifs is 1. The summed E-state index contributed by atoms with van der Waals surface area (Å²) in [5.41, 5.74) is 6.66. The molecule has 2 fully saturated rings. The Kier molecular flexibility index (Phi) is 3.28. The maximum absolute atomic E-state index is 12.2. The minimum absolute atomic E-state index is 0.00927. The Labute approximate surface area is 117 Å². The van der Waals surface area contributed by atoms with Crippen LogP contribution in [-0.2, 0) is 11.8 Å². The first kappa shape index (κ1) is 13.0. The van der Waals surface area contributed by atoms with Gasteiger partial charge < -0.3 is 20.4 Å². The van der Waals surface area contributed by atoms with E-state index in [9.17, 15) is 4.79 Å². The van der Waals surface area contributed by atoms with Crippen LogP contribution < -0.4 is 11.1 Å². The number of rotatable bonds is 2. The highest BCUT2D eigenvalue weighted by Gasteiger charge is 2.51. The molecule has 0 bridgehead atoms. The summed E-state index contributed by atoms with van der Waals surface area (Å²) in [5.74, 6) is 0.235. The maximum Gasteiger partial charge on any atom is 0.268 e. The van der Waals surface area contributed by atoms with E-state index >= 15 is 0 Å². The first-order chi connectivity index (χ1) is 9.08. The molecule has 1 aromatic rings. The summed E-state index contributed by atoms with van der Waals surface area (Å²) >= 11 is 5.88. The topological polar surface area (TPSA) is 69.3 Å². The molecule has 4 unspecified atom stereocenters. The molecule has 2 aliphatic rings. The van der Waals surface area contributed by atoms with Gasteiger partial charge in [0.25, 0.3) is 5.91 Å². The second kappa shape index (κ2) is 4.81. The Hall–Kier alpha value is -1.04. The fraction of sp³-hybridized carbons (Fsp3) is 0.615. The molecule has 1 saturated heterocycles. The second-order valence-corrected chi connectivity index (χ2v) is 5.81. The van der Waals surface area contributed by atoms with Crippen LogP contribution in [0.25, 0.3) is 0 Å². The lowest BCUT2D eigenvalue weighted by Gasteiger charge is -2.52. The van der Waals surface area contributed by atoms with Crippen LogP contribution in [0.2, 0.25) is 5.02 Å². The Balaban J connectivity index is 1.68. The van der Waals surface area contributed by atoms with E-state index in [1.165, 1.54) is 0 Å². The third kappa shape index (κ3) is 2.16. The summed E-state index contributed by atoms with van der Waals surface area (Å²) in [5, 5.41) is 3.52. The number of amides is 1. The summed E-state index contributed by atoms with van der Waals surface area (Å²) < 4.78 is 7.41. The summed E-state index contributed by atoms with van der Waals surface area (Å²) in [4.78, 5) is 12.2. The zero-order valence-corrected chi connectivity index (χ0v) is 11.6. The first-order valence-electron chi connectivity index (χ1n) is 6.58. The molecule has 4 atom stereocenters. The number of aryl methyl sites for hydroxylation is 1. The number of carbonyl (C=O) groups is 1. The third-order valence-corrected chi connectivity index (χ3v) is 4.39. The second-order valence-electron chi connectivity index (χ2n) is 5.37. The fourth-order valence-electron chi connectivity index (χ4n) is 3.10. The van der Waals surface area contributed by atoms with Crippen LogP contribution in [0.5, 0.6) is 0 Å². The molecule has 0 aromatic carbocycles. The van der Waals surface area contributed by atoms with Gasteiger partial charge in [0, 0.05) is 31.8 Å². The molecule has 1 aliphatic heterocycles. The summed E-state index contributed by atoms with van der Waals surface area (Å²) in [6.07, 6.45) is 3.93. The van der Waals surface area contributed by atoms with Crippen molar-refractivity contribution in [3.63, 3.8) is 0 Å². The lowest BCUT2D eigenvalue weighted by atomic mass is 9.68. The number of ether oxygens (including phenoxy) is 1. The van der Waals surface area contributed by atoms with Crippen molar-refractivity contribution in [1.29, 1.82) is 0 Å². The molecule has 1 aliphatic carbocycles. The van der Waals surface area contributed by atoms with Crippen LogP contribution in [0, 0.1) is 5.92 Å². The van der Waals surface area contributed by atoms with Crippen molar-refractivity contribution < 1.29 is 9.53 Å². The van der Waals surface area contributed by atoms with Crippen LogP contribution in [0.15, 0.2) is 12.3 Å². The van der Waals surface area contributed by atoms with Gasteiger partial charge in [-0.15, -0.1) is 0 Å². The molecule has 0 radical (unpaired) electrons. The molecule has 3 N–H and O–H groups in total. The quantitative estimate of drug-likeness (QED) is 0.848. The Morgan fingerprint density at radius 3 is 3.11 bits per heavy atom. The zero-order valence-electron chi connectivity index (χ0n) is 10.8. The summed E-state index contributed by atoms with van der Waals surface area (Å²) in [6.45, 7) is 0.760. The van der Waals surface area contributed by atoms with Gasteiger partial charge in [-0.2, -0.15) is 0 Å². The maximum atomic E-state index is 12.2. The molecular formula is C13H18ClN3O2. The smallest absolute Gasteiger partial charge is 0.268 e. The fourth-order valence-corrected chi connectivity index (χ4v) is 3.35. The van der Waals surface area contributed by atoms with E-state index in [1.807, 2.05) is 0 Å². The first-order valence-corrected chi connectivity index (χ1v) is 6.95. The SMILES string of the molecule is Cn1cc(Cl)cc1C(=O)NC1C(N)C2CCCOC21. The Morgan fingerprint density at radius 1 is 1.63 bits per heavy atom. The summed E-state index contributed by atoms with van der Waals surface area (Å²) in [7, 11) is 1.79. The van der Waals surface area contributed by atoms with E-state index in [0.29, 0.717) is 16.6 Å². The van der Waals surface area contributed by atoms with E-state index in [4.69, 9.17) is 22.1 Å². The van der Waals surface area contributed by atoms with Crippen molar-refractivity contribution in [2.45, 2.75) is 31.0 Å². The van der Waals surface area contributed by atoms with Gasteiger partial charge in [0.1, 0.15) is 5.69 Å². The van der Waals surface area contributed by atoms with E-state index < -0.39 is 0 Å². The highest BCUT2D eigenvalue weighted by Crippen LogP contribution is 2.37. The number of nitrogens with zero attached hydrogens (tertiary/aromatic N) is 1. The molecule has 104 valence electrons. The van der Waals surface area contributed by atoms with Crippen molar-refractivity contribution in [3.8, 4) is 0 Å². The number of aromatic nitrogens is 1. The highest BCUT2D eigenvalue weighted by molar-refractivity contribution is 6.31. The van der Waals surface area contributed by atoms with Gasteiger partial charge in [-0.1, -0.05) is 11.6 Å². The van der Waals surface area contributed by atoms with Crippen LogP contribution in [0.1, 0.15) is 23.3 Å². The monoisotopic (exact) mass is 283 g/mol. The molecular weight excluding hydrogens is 266 g/mol. The molecule has 6 heteroatoms. The lowest BCUT2D eigenvalue weighted by molar-refractivity contribution is -0.117. The Morgan fingerprint density at radius 2 is 2.42 bits per heavy atom. The molecule has 5 nitrogen and oxygen atoms in total. The largest absolute Gasteiger partial charge is 0.376 e. The van der Waals surface area contributed by atoms with Gasteiger partial charge in [0.05, 0.1) is 17.2 Å². The van der Waals surface area contributed by atoms with Crippen LogP contribution in [0.4, 0.5) is 0 Å². The van der Waals surface area contributed by atoms with Crippen molar-refractivity contribution in [3.05, 3.63) is 23.0 Å². The van der Waals surface area contributed by atoms with Crippen LogP contribution in [0.3, 0.4) is 0 Å². The van der Waals surface area contributed by atoms with Gasteiger partial charge in [0.15, 0.2) is 0 Å². The molecule has 1 aromatic heterocycles.